The van der Waals surface area contributed by atoms with E-state index >= 15 is 0 Å². The van der Waals surface area contributed by atoms with Gasteiger partial charge in [-0.05, 0) is 49.8 Å². The summed E-state index contributed by atoms with van der Waals surface area (Å²) in [6.07, 6.45) is 3.63. The van der Waals surface area contributed by atoms with Crippen LogP contribution in [0.4, 0.5) is 10.7 Å². The fraction of sp³-hybridized carbons (Fsp3) is 0.368. The van der Waals surface area contributed by atoms with Crippen LogP contribution in [0.2, 0.25) is 0 Å². The molecule has 0 saturated carbocycles. The molecular weight excluding hydrogens is 336 g/mol. The maximum Gasteiger partial charge on any atom is 0.339 e. The highest BCUT2D eigenvalue weighted by atomic mass is 32.1. The number of aryl methyl sites for hydroxylation is 1. The minimum Gasteiger partial charge on any atom is -0.478 e. The number of carbonyl (C=O) groups excluding carboxylic acids is 1. The van der Waals surface area contributed by atoms with E-state index in [9.17, 15) is 14.7 Å². The number of aromatic carboxylic acids is 1. The van der Waals surface area contributed by atoms with Gasteiger partial charge in [0.2, 0.25) is 5.91 Å². The molecule has 2 heterocycles. The quantitative estimate of drug-likeness (QED) is 0.882. The summed E-state index contributed by atoms with van der Waals surface area (Å²) in [4.78, 5) is 27.4. The minimum atomic E-state index is -0.949. The van der Waals surface area contributed by atoms with E-state index in [0.717, 1.165) is 41.8 Å². The summed E-state index contributed by atoms with van der Waals surface area (Å²) < 4.78 is 0. The van der Waals surface area contributed by atoms with Crippen LogP contribution >= 0.6 is 11.3 Å². The van der Waals surface area contributed by atoms with Gasteiger partial charge in [-0.15, -0.1) is 11.3 Å². The number of hydrogen-bond donors (Lipinski definition) is 2. The van der Waals surface area contributed by atoms with Crippen LogP contribution in [0.1, 0.15) is 39.7 Å². The molecule has 25 heavy (non-hydrogen) atoms. The molecule has 1 aromatic heterocycles. The zero-order valence-electron chi connectivity index (χ0n) is 14.0. The predicted molar refractivity (Wildman–Crippen MR) is 98.9 cm³/mol. The monoisotopic (exact) mass is 356 g/mol. The Kier molecular flexibility index (Phi) is 4.00. The third-order valence-corrected chi connectivity index (χ3v) is 6.26. The molecule has 1 aliphatic carbocycles. The second-order valence-corrected chi connectivity index (χ2v) is 7.83. The SMILES string of the molecule is CC1Cc2ccccc2N1CC(=O)Nc1sc2c(c1C(=O)O)CCC2. The van der Waals surface area contributed by atoms with E-state index in [1.807, 2.05) is 18.2 Å². The molecular formula is C19H20N2O3S. The van der Waals surface area contributed by atoms with E-state index in [-0.39, 0.29) is 18.5 Å². The molecule has 5 nitrogen and oxygen atoms in total. The first-order chi connectivity index (χ1) is 12.0. The first-order valence-electron chi connectivity index (χ1n) is 8.57. The maximum absolute atomic E-state index is 12.6. The second-order valence-electron chi connectivity index (χ2n) is 6.72. The van der Waals surface area contributed by atoms with Crippen molar-refractivity contribution in [2.24, 2.45) is 0 Å². The largest absolute Gasteiger partial charge is 0.478 e. The third kappa shape index (κ3) is 2.80. The number of rotatable bonds is 4. The van der Waals surface area contributed by atoms with E-state index in [2.05, 4.69) is 23.2 Å². The van der Waals surface area contributed by atoms with Gasteiger partial charge in [-0.25, -0.2) is 4.79 Å². The molecule has 1 aromatic carbocycles. The van der Waals surface area contributed by atoms with Crippen LogP contribution in [-0.2, 0) is 24.1 Å². The van der Waals surface area contributed by atoms with Gasteiger partial charge in [0.25, 0.3) is 0 Å². The molecule has 2 aromatic rings. The molecule has 1 aliphatic heterocycles. The summed E-state index contributed by atoms with van der Waals surface area (Å²) in [7, 11) is 0. The van der Waals surface area contributed by atoms with Gasteiger partial charge >= 0.3 is 5.97 Å². The third-order valence-electron chi connectivity index (χ3n) is 5.05. The Morgan fingerprint density at radius 1 is 1.32 bits per heavy atom. The minimum absolute atomic E-state index is 0.161. The Bertz CT molecular complexity index is 858. The van der Waals surface area contributed by atoms with Crippen LogP contribution in [0.5, 0.6) is 0 Å². The molecule has 0 fully saturated rings. The van der Waals surface area contributed by atoms with E-state index in [1.54, 1.807) is 0 Å². The lowest BCUT2D eigenvalue weighted by molar-refractivity contribution is -0.115. The van der Waals surface area contributed by atoms with Gasteiger partial charge in [-0.1, -0.05) is 18.2 Å². The van der Waals surface area contributed by atoms with Crippen molar-refractivity contribution in [2.75, 3.05) is 16.8 Å². The van der Waals surface area contributed by atoms with Crippen LogP contribution in [0.3, 0.4) is 0 Å². The molecule has 2 aliphatic rings. The van der Waals surface area contributed by atoms with Crippen molar-refractivity contribution < 1.29 is 14.7 Å². The highest BCUT2D eigenvalue weighted by molar-refractivity contribution is 7.17. The number of carbonyl (C=O) groups is 2. The average molecular weight is 356 g/mol. The van der Waals surface area contributed by atoms with Gasteiger partial charge in [0.1, 0.15) is 5.00 Å². The van der Waals surface area contributed by atoms with Crippen LogP contribution in [0.25, 0.3) is 0 Å². The van der Waals surface area contributed by atoms with E-state index < -0.39 is 5.97 Å². The Morgan fingerprint density at radius 2 is 2.12 bits per heavy atom. The van der Waals surface area contributed by atoms with Gasteiger partial charge in [-0.3, -0.25) is 4.79 Å². The van der Waals surface area contributed by atoms with Crippen LogP contribution in [-0.4, -0.2) is 29.6 Å². The molecule has 130 valence electrons. The number of carboxylic acids is 1. The molecule has 0 spiro atoms. The second kappa shape index (κ2) is 6.19. The molecule has 0 saturated heterocycles. The fourth-order valence-corrected chi connectivity index (χ4v) is 5.21. The van der Waals surface area contributed by atoms with Crippen molar-refractivity contribution in [1.82, 2.24) is 0 Å². The van der Waals surface area contributed by atoms with E-state index in [4.69, 9.17) is 0 Å². The van der Waals surface area contributed by atoms with Crippen LogP contribution in [0.15, 0.2) is 24.3 Å². The number of benzene rings is 1. The van der Waals surface area contributed by atoms with Crippen molar-refractivity contribution >= 4 is 33.9 Å². The van der Waals surface area contributed by atoms with Gasteiger partial charge in [0, 0.05) is 16.6 Å². The summed E-state index contributed by atoms with van der Waals surface area (Å²) in [5, 5.41) is 12.9. The number of fused-ring (bicyclic) bond motifs is 2. The van der Waals surface area contributed by atoms with Crippen molar-refractivity contribution in [3.05, 3.63) is 45.8 Å². The summed E-state index contributed by atoms with van der Waals surface area (Å²) in [6.45, 7) is 2.34. The fourth-order valence-electron chi connectivity index (χ4n) is 3.91. The predicted octanol–water partition coefficient (Wildman–Crippen LogP) is 3.32. The standard InChI is InChI=1S/C19H20N2O3S/c1-11-9-12-5-2-3-7-14(12)21(11)10-16(22)20-18-17(19(23)24)13-6-4-8-15(13)25-18/h2-3,5,7,11H,4,6,8-10H2,1H3,(H,20,22)(H,23,24). The van der Waals surface area contributed by atoms with Gasteiger partial charge in [-0.2, -0.15) is 0 Å². The normalized spacial score (nSPS) is 18.1. The van der Waals surface area contributed by atoms with E-state index in [0.29, 0.717) is 10.6 Å². The van der Waals surface area contributed by atoms with Crippen molar-refractivity contribution in [1.29, 1.82) is 0 Å². The lowest BCUT2D eigenvalue weighted by Crippen LogP contribution is -2.37. The number of hydrogen-bond acceptors (Lipinski definition) is 4. The zero-order chi connectivity index (χ0) is 17.6. The average Bonchev–Trinajstić information content (AvgIpc) is 3.21. The molecule has 4 rings (SSSR count). The van der Waals surface area contributed by atoms with Gasteiger partial charge < -0.3 is 15.3 Å². The summed E-state index contributed by atoms with van der Waals surface area (Å²) in [5.41, 5.74) is 3.55. The van der Waals surface area contributed by atoms with Gasteiger partial charge in [0.15, 0.2) is 0 Å². The Hall–Kier alpha value is -2.34. The van der Waals surface area contributed by atoms with Crippen molar-refractivity contribution in [2.45, 2.75) is 38.6 Å². The van der Waals surface area contributed by atoms with Crippen molar-refractivity contribution in [3.8, 4) is 0 Å². The number of carboxylic acid groups (broad SMARTS) is 1. The molecule has 1 amide bonds. The van der Waals surface area contributed by atoms with Crippen molar-refractivity contribution in [3.63, 3.8) is 0 Å². The first-order valence-corrected chi connectivity index (χ1v) is 9.38. The molecule has 0 bridgehead atoms. The molecule has 0 radical (unpaired) electrons. The highest BCUT2D eigenvalue weighted by Crippen LogP contribution is 2.39. The maximum atomic E-state index is 12.6. The smallest absolute Gasteiger partial charge is 0.339 e. The number of thiophene rings is 1. The first kappa shape index (κ1) is 16.1. The topological polar surface area (TPSA) is 69.6 Å². The highest BCUT2D eigenvalue weighted by Gasteiger charge is 2.30. The zero-order valence-corrected chi connectivity index (χ0v) is 14.9. The Balaban J connectivity index is 1.53. The van der Waals surface area contributed by atoms with E-state index in [1.165, 1.54) is 16.9 Å². The number of amides is 1. The number of nitrogens with zero attached hydrogens (tertiary/aromatic N) is 1. The van der Waals surface area contributed by atoms with Gasteiger partial charge in [0.05, 0.1) is 12.1 Å². The molecule has 1 unspecified atom stereocenters. The Labute approximate surface area is 150 Å². The Morgan fingerprint density at radius 3 is 2.92 bits per heavy atom. The summed E-state index contributed by atoms with van der Waals surface area (Å²) >= 11 is 1.42. The summed E-state index contributed by atoms with van der Waals surface area (Å²) in [5.74, 6) is -1.11. The number of para-hydroxylation sites is 1. The van der Waals surface area contributed by atoms with Crippen LogP contribution < -0.4 is 10.2 Å². The molecule has 6 heteroatoms. The number of anilines is 2. The lowest BCUT2D eigenvalue weighted by Gasteiger charge is -2.24. The lowest BCUT2D eigenvalue weighted by atomic mass is 10.1. The molecule has 2 N–H and O–H groups in total. The summed E-state index contributed by atoms with van der Waals surface area (Å²) in [6, 6.07) is 8.38. The number of nitrogens with one attached hydrogen (secondary N) is 1. The van der Waals surface area contributed by atoms with Crippen LogP contribution in [0, 0.1) is 0 Å². The molecule has 1 atom stereocenters.